The highest BCUT2D eigenvalue weighted by Gasteiger charge is 2.14. The minimum atomic E-state index is -0.268. The van der Waals surface area contributed by atoms with Gasteiger partial charge in [-0.25, -0.2) is 20.2 Å². The third kappa shape index (κ3) is 2.94. The Morgan fingerprint density at radius 2 is 1.85 bits per heavy atom. The lowest BCUT2D eigenvalue weighted by Gasteiger charge is -2.17. The van der Waals surface area contributed by atoms with Crippen molar-refractivity contribution < 1.29 is 9.13 Å². The molecule has 2 aromatic rings. The zero-order chi connectivity index (χ0) is 14.5. The maximum Gasteiger partial charge on any atom is 0.205 e. The molecule has 1 atom stereocenters. The number of benzene rings is 1. The molecule has 0 saturated heterocycles. The van der Waals surface area contributed by atoms with E-state index < -0.39 is 0 Å². The zero-order valence-corrected chi connectivity index (χ0v) is 11.2. The third-order valence-corrected chi connectivity index (χ3v) is 2.87. The van der Waals surface area contributed by atoms with Crippen molar-refractivity contribution in [2.45, 2.75) is 13.0 Å². The average molecular weight is 277 g/mol. The van der Waals surface area contributed by atoms with Gasteiger partial charge in [0.2, 0.25) is 5.75 Å². The summed E-state index contributed by atoms with van der Waals surface area (Å²) < 4.78 is 18.1. The lowest BCUT2D eigenvalue weighted by molar-refractivity contribution is 0.414. The molecule has 20 heavy (non-hydrogen) atoms. The van der Waals surface area contributed by atoms with E-state index in [1.165, 1.54) is 25.6 Å². The first kappa shape index (κ1) is 14.0. The summed E-state index contributed by atoms with van der Waals surface area (Å²) in [5, 5.41) is 3.18. The number of nitrogens with one attached hydrogen (secondary N) is 2. The smallest absolute Gasteiger partial charge is 0.205 e. The Labute approximate surface area is 116 Å². The average Bonchev–Trinajstić information content (AvgIpc) is 2.47. The number of ether oxygens (including phenoxy) is 1. The number of nitrogens with two attached hydrogens (primary N) is 1. The van der Waals surface area contributed by atoms with Gasteiger partial charge in [0.1, 0.15) is 12.1 Å². The molecule has 0 aliphatic heterocycles. The number of anilines is 2. The molecule has 1 unspecified atom stereocenters. The molecule has 6 nitrogen and oxygen atoms in total. The Hall–Kier alpha value is -2.41. The van der Waals surface area contributed by atoms with Crippen LogP contribution in [-0.2, 0) is 0 Å². The van der Waals surface area contributed by atoms with Crippen LogP contribution < -0.4 is 21.3 Å². The highest BCUT2D eigenvalue weighted by molar-refractivity contribution is 5.63. The lowest BCUT2D eigenvalue weighted by atomic mass is 10.1. The summed E-state index contributed by atoms with van der Waals surface area (Å²) in [6.07, 6.45) is 1.37. The van der Waals surface area contributed by atoms with Gasteiger partial charge in [0.25, 0.3) is 0 Å². The van der Waals surface area contributed by atoms with Crippen LogP contribution in [0.1, 0.15) is 18.5 Å². The Kier molecular flexibility index (Phi) is 4.31. The predicted molar refractivity (Wildman–Crippen MR) is 74.8 cm³/mol. The van der Waals surface area contributed by atoms with Crippen LogP contribution >= 0.6 is 0 Å². The molecule has 0 aliphatic rings. The first-order valence-corrected chi connectivity index (χ1v) is 6.03. The van der Waals surface area contributed by atoms with Crippen molar-refractivity contribution in [2.24, 2.45) is 5.84 Å². The van der Waals surface area contributed by atoms with Gasteiger partial charge in [0.15, 0.2) is 11.6 Å². The van der Waals surface area contributed by atoms with E-state index in [9.17, 15) is 4.39 Å². The first-order chi connectivity index (χ1) is 9.65. The van der Waals surface area contributed by atoms with Crippen LogP contribution in [0.2, 0.25) is 0 Å². The predicted octanol–water partition coefficient (Wildman–Crippen LogP) is 2.08. The molecule has 0 radical (unpaired) electrons. The molecule has 0 fully saturated rings. The number of aromatic nitrogens is 2. The molecule has 0 aliphatic carbocycles. The van der Waals surface area contributed by atoms with E-state index in [0.717, 1.165) is 5.56 Å². The van der Waals surface area contributed by atoms with Crippen LogP contribution in [0, 0.1) is 5.82 Å². The fourth-order valence-electron chi connectivity index (χ4n) is 1.81. The zero-order valence-electron chi connectivity index (χ0n) is 11.2. The summed E-state index contributed by atoms with van der Waals surface area (Å²) in [4.78, 5) is 8.08. The summed E-state index contributed by atoms with van der Waals surface area (Å²) in [6.45, 7) is 1.93. The van der Waals surface area contributed by atoms with Gasteiger partial charge in [-0.15, -0.1) is 0 Å². The van der Waals surface area contributed by atoms with Gasteiger partial charge in [0, 0.05) is 0 Å². The standard InChI is InChI=1S/C13H16FN5O/c1-8(9-3-5-10(14)6-4-9)18-12-11(20-2)13(19-15)17-7-16-12/h3-8H,15H2,1-2H3,(H2,16,17,18,19). The van der Waals surface area contributed by atoms with E-state index in [1.54, 1.807) is 12.1 Å². The second-order valence-electron chi connectivity index (χ2n) is 4.17. The number of hydrazine groups is 1. The summed E-state index contributed by atoms with van der Waals surface area (Å²) in [5.74, 6) is 6.41. The lowest BCUT2D eigenvalue weighted by Crippen LogP contribution is -2.14. The Bertz CT molecular complexity index is 575. The molecular formula is C13H16FN5O. The monoisotopic (exact) mass is 277 g/mol. The highest BCUT2D eigenvalue weighted by Crippen LogP contribution is 2.30. The molecule has 1 aromatic heterocycles. The van der Waals surface area contributed by atoms with Crippen LogP contribution in [-0.4, -0.2) is 17.1 Å². The van der Waals surface area contributed by atoms with E-state index in [1.807, 2.05) is 6.92 Å². The second kappa shape index (κ2) is 6.16. The van der Waals surface area contributed by atoms with Crippen LogP contribution in [0.5, 0.6) is 5.75 Å². The van der Waals surface area contributed by atoms with Crippen molar-refractivity contribution in [3.8, 4) is 5.75 Å². The maximum absolute atomic E-state index is 12.9. The van der Waals surface area contributed by atoms with E-state index in [2.05, 4.69) is 20.7 Å². The second-order valence-corrected chi connectivity index (χ2v) is 4.17. The van der Waals surface area contributed by atoms with Crippen molar-refractivity contribution >= 4 is 11.6 Å². The molecule has 2 rings (SSSR count). The van der Waals surface area contributed by atoms with Crippen LogP contribution in [0.15, 0.2) is 30.6 Å². The highest BCUT2D eigenvalue weighted by atomic mass is 19.1. The molecule has 0 saturated carbocycles. The minimum absolute atomic E-state index is 0.0787. The minimum Gasteiger partial charge on any atom is -0.490 e. The molecular weight excluding hydrogens is 261 g/mol. The molecule has 4 N–H and O–H groups in total. The number of hydrogen-bond acceptors (Lipinski definition) is 6. The quantitative estimate of drug-likeness (QED) is 0.573. The molecule has 106 valence electrons. The van der Waals surface area contributed by atoms with E-state index in [4.69, 9.17) is 10.6 Å². The van der Waals surface area contributed by atoms with Crippen molar-refractivity contribution in [3.05, 3.63) is 42.0 Å². The fraction of sp³-hybridized carbons (Fsp3) is 0.231. The van der Waals surface area contributed by atoms with Crippen LogP contribution in [0.3, 0.4) is 0 Å². The number of nitrogen functional groups attached to an aromatic ring is 1. The Balaban J connectivity index is 2.23. The molecule has 0 amide bonds. The number of rotatable bonds is 5. The van der Waals surface area contributed by atoms with Gasteiger partial charge in [-0.05, 0) is 24.6 Å². The number of methoxy groups -OCH3 is 1. The van der Waals surface area contributed by atoms with Crippen LogP contribution in [0.25, 0.3) is 0 Å². The molecule has 1 aromatic carbocycles. The molecule has 0 spiro atoms. The summed E-state index contributed by atoms with van der Waals surface area (Å²) in [5.41, 5.74) is 3.37. The first-order valence-electron chi connectivity index (χ1n) is 6.03. The SMILES string of the molecule is COc1c(NN)ncnc1NC(C)c1ccc(F)cc1. The Morgan fingerprint density at radius 1 is 1.20 bits per heavy atom. The summed E-state index contributed by atoms with van der Waals surface area (Å²) in [7, 11) is 1.51. The van der Waals surface area contributed by atoms with Crippen molar-refractivity contribution in [1.29, 1.82) is 0 Å². The van der Waals surface area contributed by atoms with Gasteiger partial charge in [-0.2, -0.15) is 0 Å². The van der Waals surface area contributed by atoms with Crippen molar-refractivity contribution in [3.63, 3.8) is 0 Å². The fourth-order valence-corrected chi connectivity index (χ4v) is 1.81. The van der Waals surface area contributed by atoms with Crippen LogP contribution in [0.4, 0.5) is 16.0 Å². The van der Waals surface area contributed by atoms with Crippen molar-refractivity contribution in [2.75, 3.05) is 17.9 Å². The van der Waals surface area contributed by atoms with Gasteiger partial charge >= 0.3 is 0 Å². The van der Waals surface area contributed by atoms with Gasteiger partial charge in [-0.3, -0.25) is 0 Å². The number of nitrogens with zero attached hydrogens (tertiary/aromatic N) is 2. The molecule has 0 bridgehead atoms. The van der Waals surface area contributed by atoms with Crippen molar-refractivity contribution in [1.82, 2.24) is 9.97 Å². The number of hydrogen-bond donors (Lipinski definition) is 3. The van der Waals surface area contributed by atoms with E-state index >= 15 is 0 Å². The van der Waals surface area contributed by atoms with Gasteiger partial charge < -0.3 is 15.5 Å². The van der Waals surface area contributed by atoms with Gasteiger partial charge in [-0.1, -0.05) is 12.1 Å². The third-order valence-electron chi connectivity index (χ3n) is 2.87. The summed E-state index contributed by atoms with van der Waals surface area (Å²) >= 11 is 0. The molecule has 1 heterocycles. The van der Waals surface area contributed by atoms with E-state index in [-0.39, 0.29) is 11.9 Å². The molecule has 7 heteroatoms. The largest absolute Gasteiger partial charge is 0.490 e. The normalized spacial score (nSPS) is 11.8. The summed E-state index contributed by atoms with van der Waals surface area (Å²) in [6, 6.07) is 6.17. The number of halogens is 1. The topological polar surface area (TPSA) is 85.1 Å². The van der Waals surface area contributed by atoms with Gasteiger partial charge in [0.05, 0.1) is 13.2 Å². The van der Waals surface area contributed by atoms with E-state index in [0.29, 0.717) is 17.4 Å². The Morgan fingerprint density at radius 3 is 2.45 bits per heavy atom. The maximum atomic E-state index is 12.9.